The Bertz CT molecular complexity index is 386. The highest BCUT2D eigenvalue weighted by Crippen LogP contribution is 2.41. The molecule has 15 heavy (non-hydrogen) atoms. The second kappa shape index (κ2) is 3.38. The van der Waals surface area contributed by atoms with Crippen molar-refractivity contribution in [3.8, 4) is 11.5 Å². The second-order valence-corrected chi connectivity index (χ2v) is 4.15. The molecule has 0 aromatic heterocycles. The number of phenols is 2. The Hall–Kier alpha value is -1.29. The Morgan fingerprint density at radius 1 is 1.40 bits per heavy atom. The number of rotatable bonds is 1. The minimum atomic E-state index is -0.576. The monoisotopic (exact) mass is 211 g/mol. The van der Waals surface area contributed by atoms with E-state index in [0.29, 0.717) is 0 Å². The number of hydrogen-bond donors (Lipinski definition) is 3. The highest BCUT2D eigenvalue weighted by Gasteiger charge is 2.35. The Labute approximate surface area is 87.6 Å². The molecule has 0 spiro atoms. The molecule has 0 aliphatic carbocycles. The molecule has 0 radical (unpaired) electrons. The topological polar surface area (TPSA) is 52.5 Å². The van der Waals surface area contributed by atoms with E-state index in [1.165, 1.54) is 6.07 Å². The lowest BCUT2D eigenvalue weighted by molar-refractivity contribution is 0.351. The summed E-state index contributed by atoms with van der Waals surface area (Å²) in [4.78, 5) is 0. The number of nitrogens with one attached hydrogen (secondary N) is 1. The number of halogens is 1. The first-order valence-electron chi connectivity index (χ1n) is 5.00. The summed E-state index contributed by atoms with van der Waals surface area (Å²) in [5.41, 5.74) is -0.410. The van der Waals surface area contributed by atoms with Crippen LogP contribution in [0.15, 0.2) is 12.1 Å². The van der Waals surface area contributed by atoms with Gasteiger partial charge in [-0.1, -0.05) is 0 Å². The Morgan fingerprint density at radius 2 is 2.13 bits per heavy atom. The summed E-state index contributed by atoms with van der Waals surface area (Å²) in [7, 11) is 0. The number of phenolic OH excluding ortho intramolecular Hbond substituents is 2. The first-order valence-corrected chi connectivity index (χ1v) is 5.00. The number of hydrogen-bond acceptors (Lipinski definition) is 3. The lowest BCUT2D eigenvalue weighted by Crippen LogP contribution is -2.34. The van der Waals surface area contributed by atoms with E-state index in [-0.39, 0.29) is 17.1 Å². The van der Waals surface area contributed by atoms with Crippen molar-refractivity contribution >= 4 is 0 Å². The molecule has 1 unspecified atom stereocenters. The van der Waals surface area contributed by atoms with E-state index in [2.05, 4.69) is 5.32 Å². The van der Waals surface area contributed by atoms with Crippen LogP contribution in [0.2, 0.25) is 0 Å². The van der Waals surface area contributed by atoms with Crippen LogP contribution in [0, 0.1) is 5.82 Å². The van der Waals surface area contributed by atoms with E-state index in [0.717, 1.165) is 25.5 Å². The van der Waals surface area contributed by atoms with Crippen LogP contribution >= 0.6 is 0 Å². The molecule has 1 aromatic rings. The quantitative estimate of drug-likeness (QED) is 0.621. The fraction of sp³-hybridized carbons (Fsp3) is 0.455. The van der Waals surface area contributed by atoms with E-state index in [9.17, 15) is 14.6 Å². The van der Waals surface area contributed by atoms with Gasteiger partial charge in [-0.05, 0) is 38.4 Å². The van der Waals surface area contributed by atoms with E-state index in [1.54, 1.807) is 0 Å². The molecule has 1 aliphatic heterocycles. The molecule has 1 saturated heterocycles. The fourth-order valence-corrected chi connectivity index (χ4v) is 2.19. The molecular formula is C11H14FNO2. The van der Waals surface area contributed by atoms with E-state index >= 15 is 0 Å². The highest BCUT2D eigenvalue weighted by atomic mass is 19.1. The third-order valence-corrected chi connectivity index (χ3v) is 3.03. The minimum absolute atomic E-state index is 0.167. The van der Waals surface area contributed by atoms with Gasteiger partial charge in [-0.3, -0.25) is 0 Å². The van der Waals surface area contributed by atoms with E-state index in [4.69, 9.17) is 0 Å². The Balaban J connectivity index is 2.55. The molecule has 3 N–H and O–H groups in total. The van der Waals surface area contributed by atoms with Gasteiger partial charge in [0.25, 0.3) is 0 Å². The molecule has 2 rings (SSSR count). The van der Waals surface area contributed by atoms with Gasteiger partial charge < -0.3 is 15.5 Å². The van der Waals surface area contributed by atoms with Crippen LogP contribution in [0.1, 0.15) is 25.3 Å². The molecule has 1 aromatic carbocycles. The van der Waals surface area contributed by atoms with Gasteiger partial charge in [0.2, 0.25) is 0 Å². The van der Waals surface area contributed by atoms with Gasteiger partial charge in [0.1, 0.15) is 5.82 Å². The SMILES string of the molecule is CC1(c2c(F)ccc(O)c2O)CCCN1. The first-order chi connectivity index (χ1) is 7.04. The highest BCUT2D eigenvalue weighted by molar-refractivity contribution is 5.48. The number of aromatic hydroxyl groups is 2. The smallest absolute Gasteiger partial charge is 0.165 e. The standard InChI is InChI=1S/C11H14FNO2/c1-11(5-2-6-13-11)9-7(12)3-4-8(14)10(9)15/h3-4,13-15H,2,5-6H2,1H3. The molecule has 0 amide bonds. The molecule has 4 heteroatoms. The second-order valence-electron chi connectivity index (χ2n) is 4.15. The molecule has 82 valence electrons. The van der Waals surface area contributed by atoms with Crippen molar-refractivity contribution in [1.29, 1.82) is 0 Å². The van der Waals surface area contributed by atoms with Crippen LogP contribution in [0.25, 0.3) is 0 Å². The molecule has 3 nitrogen and oxygen atoms in total. The average molecular weight is 211 g/mol. The first kappa shape index (κ1) is 10.2. The van der Waals surface area contributed by atoms with E-state index < -0.39 is 11.4 Å². The fourth-order valence-electron chi connectivity index (χ4n) is 2.19. The van der Waals surface area contributed by atoms with Crippen LogP contribution in [-0.2, 0) is 5.54 Å². The summed E-state index contributed by atoms with van der Waals surface area (Å²) in [6.07, 6.45) is 1.69. The van der Waals surface area contributed by atoms with Crippen molar-refractivity contribution in [1.82, 2.24) is 5.32 Å². The minimum Gasteiger partial charge on any atom is -0.504 e. The summed E-state index contributed by atoms with van der Waals surface area (Å²) < 4.78 is 13.6. The molecule has 1 heterocycles. The third kappa shape index (κ3) is 1.55. The Kier molecular flexibility index (Phi) is 2.31. The zero-order valence-corrected chi connectivity index (χ0v) is 8.55. The number of benzene rings is 1. The maximum Gasteiger partial charge on any atom is 0.165 e. The van der Waals surface area contributed by atoms with E-state index in [1.807, 2.05) is 6.92 Å². The van der Waals surface area contributed by atoms with Gasteiger partial charge in [0, 0.05) is 5.54 Å². The van der Waals surface area contributed by atoms with Gasteiger partial charge >= 0.3 is 0 Å². The summed E-state index contributed by atoms with van der Waals surface area (Å²) in [6.45, 7) is 2.63. The predicted octanol–water partition coefficient (Wildman–Crippen LogP) is 1.84. The lowest BCUT2D eigenvalue weighted by Gasteiger charge is -2.26. The molecule has 1 atom stereocenters. The van der Waals surface area contributed by atoms with Crippen LogP contribution < -0.4 is 5.32 Å². The largest absolute Gasteiger partial charge is 0.504 e. The van der Waals surface area contributed by atoms with Crippen molar-refractivity contribution in [3.63, 3.8) is 0 Å². The van der Waals surface area contributed by atoms with Crippen molar-refractivity contribution in [2.75, 3.05) is 6.54 Å². The van der Waals surface area contributed by atoms with Gasteiger partial charge in [-0.15, -0.1) is 0 Å². The zero-order valence-electron chi connectivity index (χ0n) is 8.55. The summed E-state index contributed by atoms with van der Waals surface area (Å²) in [5.74, 6) is -1.12. The van der Waals surface area contributed by atoms with Gasteiger partial charge in [0.05, 0.1) is 5.56 Å². The molecule has 0 bridgehead atoms. The molecule has 1 fully saturated rings. The van der Waals surface area contributed by atoms with Crippen molar-refractivity contribution in [2.45, 2.75) is 25.3 Å². The van der Waals surface area contributed by atoms with Crippen LogP contribution in [0.4, 0.5) is 4.39 Å². The molecule has 1 aliphatic rings. The third-order valence-electron chi connectivity index (χ3n) is 3.03. The van der Waals surface area contributed by atoms with Crippen LogP contribution in [0.3, 0.4) is 0 Å². The van der Waals surface area contributed by atoms with Crippen LogP contribution in [0.5, 0.6) is 11.5 Å². The maximum atomic E-state index is 13.6. The van der Waals surface area contributed by atoms with Crippen molar-refractivity contribution in [2.24, 2.45) is 0 Å². The maximum absolute atomic E-state index is 13.6. The van der Waals surface area contributed by atoms with Crippen molar-refractivity contribution < 1.29 is 14.6 Å². The Morgan fingerprint density at radius 3 is 2.73 bits per heavy atom. The van der Waals surface area contributed by atoms with Gasteiger partial charge in [-0.25, -0.2) is 4.39 Å². The van der Waals surface area contributed by atoms with Crippen molar-refractivity contribution in [3.05, 3.63) is 23.5 Å². The van der Waals surface area contributed by atoms with Gasteiger partial charge in [0.15, 0.2) is 11.5 Å². The van der Waals surface area contributed by atoms with Gasteiger partial charge in [-0.2, -0.15) is 0 Å². The molecular weight excluding hydrogens is 197 g/mol. The lowest BCUT2D eigenvalue weighted by atomic mass is 9.89. The summed E-state index contributed by atoms with van der Waals surface area (Å²) in [6, 6.07) is 2.34. The summed E-state index contributed by atoms with van der Waals surface area (Å²) >= 11 is 0. The summed E-state index contributed by atoms with van der Waals surface area (Å²) in [5, 5.41) is 22.2. The average Bonchev–Trinajstić information content (AvgIpc) is 2.60. The normalized spacial score (nSPS) is 25.7. The molecule has 0 saturated carbocycles. The van der Waals surface area contributed by atoms with Crippen LogP contribution in [-0.4, -0.2) is 16.8 Å². The predicted molar refractivity (Wildman–Crippen MR) is 54.3 cm³/mol. The zero-order chi connectivity index (χ0) is 11.1.